The molecule has 0 unspecified atom stereocenters. The van der Waals surface area contributed by atoms with Crippen LogP contribution < -0.4 is 0 Å². The minimum Gasteiger partial charge on any atom is -0.475 e. The molecule has 0 amide bonds. The molecule has 0 saturated carbocycles. The number of hydrogen-bond acceptors (Lipinski definition) is 4. The molecule has 2 saturated heterocycles. The lowest BCUT2D eigenvalue weighted by molar-refractivity contribution is -0.192. The average Bonchev–Trinajstić information content (AvgIpc) is 3.02. The van der Waals surface area contributed by atoms with Crippen LogP contribution in [0, 0.1) is 12.3 Å². The van der Waals surface area contributed by atoms with E-state index >= 15 is 0 Å². The third-order valence-electron chi connectivity index (χ3n) is 5.18. The van der Waals surface area contributed by atoms with E-state index in [0.29, 0.717) is 13.1 Å². The molecule has 158 valence electrons. The molecule has 0 aromatic heterocycles. The van der Waals surface area contributed by atoms with Gasteiger partial charge in [-0.3, -0.25) is 4.90 Å². The Morgan fingerprint density at radius 3 is 2.29 bits per heavy atom. The number of alkyl halides is 3. The number of rotatable bonds is 4. The van der Waals surface area contributed by atoms with Gasteiger partial charge in [0.25, 0.3) is 0 Å². The van der Waals surface area contributed by atoms with E-state index in [1.54, 1.807) is 11.2 Å². The van der Waals surface area contributed by atoms with E-state index in [1.807, 2.05) is 0 Å². The number of likely N-dealkylation sites (tertiary alicyclic amines) is 1. The fourth-order valence-corrected chi connectivity index (χ4v) is 4.82. The first-order valence-corrected chi connectivity index (χ1v) is 10.5. The Labute approximate surface area is 163 Å². The number of aryl methyl sites for hydroxylation is 1. The highest BCUT2D eigenvalue weighted by atomic mass is 32.2. The Morgan fingerprint density at radius 1 is 1.21 bits per heavy atom. The van der Waals surface area contributed by atoms with Crippen molar-refractivity contribution in [1.29, 1.82) is 0 Å². The van der Waals surface area contributed by atoms with Crippen LogP contribution in [0.4, 0.5) is 13.2 Å². The van der Waals surface area contributed by atoms with Gasteiger partial charge in [-0.05, 0) is 31.4 Å². The van der Waals surface area contributed by atoms with Crippen LogP contribution in [-0.2, 0) is 21.4 Å². The average molecular weight is 422 g/mol. The van der Waals surface area contributed by atoms with Crippen molar-refractivity contribution in [3.05, 3.63) is 35.4 Å². The Balaban J connectivity index is 0.000000345. The van der Waals surface area contributed by atoms with E-state index in [2.05, 4.69) is 36.1 Å². The number of benzene rings is 1. The van der Waals surface area contributed by atoms with Gasteiger partial charge < -0.3 is 5.11 Å². The van der Waals surface area contributed by atoms with Crippen molar-refractivity contribution in [2.45, 2.75) is 33.0 Å². The molecular formula is C18H25F3N2O4S. The second kappa shape index (κ2) is 8.38. The van der Waals surface area contributed by atoms with Crippen LogP contribution in [0.5, 0.6) is 0 Å². The Hall–Kier alpha value is -1.65. The van der Waals surface area contributed by atoms with Crippen LogP contribution in [0.1, 0.15) is 24.5 Å². The monoisotopic (exact) mass is 422 g/mol. The molecular weight excluding hydrogens is 397 g/mol. The number of carbonyl (C=O) groups is 1. The maximum atomic E-state index is 12.0. The Morgan fingerprint density at radius 2 is 1.79 bits per heavy atom. The molecule has 10 heteroatoms. The minimum atomic E-state index is -5.08. The van der Waals surface area contributed by atoms with Crippen molar-refractivity contribution in [3.63, 3.8) is 0 Å². The van der Waals surface area contributed by atoms with Crippen LogP contribution in [0.15, 0.2) is 24.3 Å². The van der Waals surface area contributed by atoms with Gasteiger partial charge in [-0.1, -0.05) is 24.3 Å². The van der Waals surface area contributed by atoms with Gasteiger partial charge in [0.2, 0.25) is 10.0 Å². The first-order chi connectivity index (χ1) is 12.9. The summed E-state index contributed by atoms with van der Waals surface area (Å²) in [5.41, 5.74) is 2.92. The highest BCUT2D eigenvalue weighted by Gasteiger charge is 2.49. The summed E-state index contributed by atoms with van der Waals surface area (Å²) in [5, 5.41) is 7.12. The maximum Gasteiger partial charge on any atom is 0.490 e. The van der Waals surface area contributed by atoms with Crippen molar-refractivity contribution in [2.24, 2.45) is 5.41 Å². The van der Waals surface area contributed by atoms with Crippen molar-refractivity contribution in [1.82, 2.24) is 9.21 Å². The first kappa shape index (κ1) is 22.6. The van der Waals surface area contributed by atoms with Crippen LogP contribution in [0.2, 0.25) is 0 Å². The molecule has 2 aliphatic heterocycles. The summed E-state index contributed by atoms with van der Waals surface area (Å²) >= 11 is 0. The normalized spacial score (nSPS) is 19.8. The molecule has 0 aliphatic carbocycles. The van der Waals surface area contributed by atoms with E-state index < -0.39 is 22.2 Å². The zero-order chi connectivity index (χ0) is 21.2. The number of halogens is 3. The summed E-state index contributed by atoms with van der Waals surface area (Å²) in [5.74, 6) is -2.54. The summed E-state index contributed by atoms with van der Waals surface area (Å²) in [4.78, 5) is 11.3. The van der Waals surface area contributed by atoms with Gasteiger partial charge in [0.1, 0.15) is 0 Å². The summed E-state index contributed by atoms with van der Waals surface area (Å²) in [6, 6.07) is 8.49. The molecule has 3 rings (SSSR count). The minimum absolute atomic E-state index is 0.213. The van der Waals surface area contributed by atoms with Gasteiger partial charge in [-0.25, -0.2) is 17.5 Å². The van der Waals surface area contributed by atoms with E-state index in [4.69, 9.17) is 9.90 Å². The fourth-order valence-electron chi connectivity index (χ4n) is 3.61. The topological polar surface area (TPSA) is 77.9 Å². The predicted octanol–water partition coefficient (Wildman–Crippen LogP) is 2.49. The molecule has 1 aromatic rings. The Bertz CT molecular complexity index is 805. The van der Waals surface area contributed by atoms with Crippen molar-refractivity contribution in [2.75, 3.05) is 31.9 Å². The lowest BCUT2D eigenvalue weighted by Crippen LogP contribution is -2.57. The molecule has 0 radical (unpaired) electrons. The van der Waals surface area contributed by atoms with E-state index in [9.17, 15) is 21.6 Å². The van der Waals surface area contributed by atoms with Gasteiger partial charge >= 0.3 is 12.1 Å². The highest BCUT2D eigenvalue weighted by molar-refractivity contribution is 7.89. The summed E-state index contributed by atoms with van der Waals surface area (Å²) in [6.45, 7) is 8.33. The van der Waals surface area contributed by atoms with E-state index in [0.717, 1.165) is 26.1 Å². The molecule has 2 aliphatic rings. The zero-order valence-corrected chi connectivity index (χ0v) is 16.7. The third-order valence-corrected chi connectivity index (χ3v) is 7.01. The quantitative estimate of drug-likeness (QED) is 0.807. The smallest absolute Gasteiger partial charge is 0.475 e. The largest absolute Gasteiger partial charge is 0.490 e. The standard InChI is InChI=1S/C16H24N2O2S.C2HF3O2/c1-3-21(19,20)18-9-8-16(13-18)11-17(12-16)10-15-7-5-4-6-14(15)2;3-2(4,5)1(6)7/h4-7H,3,8-13H2,1-2H3;(H,6,7). The van der Waals surface area contributed by atoms with E-state index in [-0.39, 0.29) is 11.2 Å². The van der Waals surface area contributed by atoms with Crippen LogP contribution in [-0.4, -0.2) is 66.8 Å². The van der Waals surface area contributed by atoms with Crippen molar-refractivity contribution in [3.8, 4) is 0 Å². The maximum absolute atomic E-state index is 12.0. The SMILES string of the molecule is CCS(=O)(=O)N1CCC2(CN(Cc3ccccc3C)C2)C1.O=C(O)C(F)(F)F. The van der Waals surface area contributed by atoms with Crippen LogP contribution in [0.3, 0.4) is 0 Å². The predicted molar refractivity (Wildman–Crippen MR) is 98.2 cm³/mol. The van der Waals surface area contributed by atoms with Gasteiger partial charge in [-0.2, -0.15) is 13.2 Å². The molecule has 1 aromatic carbocycles. The number of aliphatic carboxylic acids is 1. The Kier molecular flexibility index (Phi) is 6.78. The lowest BCUT2D eigenvalue weighted by atomic mass is 9.79. The van der Waals surface area contributed by atoms with E-state index in [1.165, 1.54) is 11.1 Å². The second-order valence-electron chi connectivity index (χ2n) is 7.36. The molecule has 1 N–H and O–H groups in total. The summed E-state index contributed by atoms with van der Waals surface area (Å²) in [6.07, 6.45) is -4.07. The summed E-state index contributed by atoms with van der Waals surface area (Å²) < 4.78 is 57.3. The lowest BCUT2D eigenvalue weighted by Gasteiger charge is -2.48. The number of sulfonamides is 1. The second-order valence-corrected chi connectivity index (χ2v) is 9.62. The molecule has 2 fully saturated rings. The van der Waals surface area contributed by atoms with Gasteiger partial charge in [0.05, 0.1) is 5.75 Å². The van der Waals surface area contributed by atoms with Crippen molar-refractivity contribution >= 4 is 16.0 Å². The number of carboxylic acid groups (broad SMARTS) is 1. The molecule has 2 heterocycles. The van der Waals surface area contributed by atoms with Gasteiger partial charge in [-0.15, -0.1) is 0 Å². The number of hydrogen-bond donors (Lipinski definition) is 1. The molecule has 1 spiro atoms. The van der Waals surface area contributed by atoms with Crippen molar-refractivity contribution < 1.29 is 31.5 Å². The molecule has 28 heavy (non-hydrogen) atoms. The zero-order valence-electron chi connectivity index (χ0n) is 15.9. The molecule has 6 nitrogen and oxygen atoms in total. The number of carboxylic acids is 1. The fraction of sp³-hybridized carbons (Fsp3) is 0.611. The first-order valence-electron chi connectivity index (χ1n) is 8.93. The van der Waals surface area contributed by atoms with Crippen LogP contribution in [0.25, 0.3) is 0 Å². The number of nitrogens with zero attached hydrogens (tertiary/aromatic N) is 2. The molecule has 0 atom stereocenters. The van der Waals surface area contributed by atoms with Crippen LogP contribution >= 0.6 is 0 Å². The summed E-state index contributed by atoms with van der Waals surface area (Å²) in [7, 11) is -3.01. The molecule has 0 bridgehead atoms. The highest BCUT2D eigenvalue weighted by Crippen LogP contribution is 2.41. The third kappa shape index (κ3) is 5.45. The van der Waals surface area contributed by atoms with Gasteiger partial charge in [0, 0.05) is 38.1 Å². The van der Waals surface area contributed by atoms with Gasteiger partial charge in [0.15, 0.2) is 0 Å².